The summed E-state index contributed by atoms with van der Waals surface area (Å²) in [4.78, 5) is 11.6. The minimum absolute atomic E-state index is 0.0516. The Morgan fingerprint density at radius 1 is 1.11 bits per heavy atom. The van der Waals surface area contributed by atoms with Crippen molar-refractivity contribution in [2.24, 2.45) is 0 Å². The number of carbonyl (C=O) groups excluding carboxylic acids is 1. The van der Waals surface area contributed by atoms with Crippen LogP contribution in [0.25, 0.3) is 0 Å². The first-order chi connectivity index (χ1) is 9.15. The van der Waals surface area contributed by atoms with Crippen molar-refractivity contribution in [3.8, 4) is 0 Å². The fourth-order valence-electron chi connectivity index (χ4n) is 1.51. The molecule has 3 nitrogen and oxygen atoms in total. The van der Waals surface area contributed by atoms with E-state index in [9.17, 15) is 9.18 Å². The average Bonchev–Trinajstić information content (AvgIpc) is 2.41. The van der Waals surface area contributed by atoms with Gasteiger partial charge in [0.2, 0.25) is 5.91 Å². The van der Waals surface area contributed by atoms with E-state index in [0.29, 0.717) is 5.02 Å². The van der Waals surface area contributed by atoms with Gasteiger partial charge in [-0.2, -0.15) is 0 Å². The van der Waals surface area contributed by atoms with Crippen LogP contribution >= 0.6 is 11.6 Å². The summed E-state index contributed by atoms with van der Waals surface area (Å²) in [7, 11) is 0. The number of carbonyl (C=O) groups is 1. The predicted octanol–water partition coefficient (Wildman–Crippen LogP) is 3.53. The van der Waals surface area contributed by atoms with E-state index in [1.54, 1.807) is 36.4 Å². The number of halogens is 2. The van der Waals surface area contributed by atoms with Gasteiger partial charge < -0.3 is 10.6 Å². The molecule has 0 aliphatic rings. The molecule has 2 N–H and O–H groups in total. The zero-order chi connectivity index (χ0) is 13.7. The number of para-hydroxylation sites is 1. The van der Waals surface area contributed by atoms with Crippen molar-refractivity contribution in [1.29, 1.82) is 0 Å². The molecule has 0 unspecified atom stereocenters. The van der Waals surface area contributed by atoms with Crippen LogP contribution in [-0.2, 0) is 4.79 Å². The summed E-state index contributed by atoms with van der Waals surface area (Å²) in [5, 5.41) is 6.03. The van der Waals surface area contributed by atoms with Crippen molar-refractivity contribution in [3.05, 3.63) is 59.4 Å². The molecule has 2 rings (SSSR count). The number of hydrogen-bond acceptors (Lipinski definition) is 2. The van der Waals surface area contributed by atoms with Crippen LogP contribution in [0.3, 0.4) is 0 Å². The SMILES string of the molecule is O=C(CNc1ccc(Cl)cc1)Nc1ccccc1F. The first kappa shape index (κ1) is 13.4. The van der Waals surface area contributed by atoms with Crippen molar-refractivity contribution in [2.75, 3.05) is 17.2 Å². The van der Waals surface area contributed by atoms with Gasteiger partial charge in [0.25, 0.3) is 0 Å². The lowest BCUT2D eigenvalue weighted by molar-refractivity contribution is -0.114. The second-order valence-corrected chi connectivity index (χ2v) is 4.32. The smallest absolute Gasteiger partial charge is 0.243 e. The van der Waals surface area contributed by atoms with Crippen LogP contribution in [0.15, 0.2) is 48.5 Å². The molecule has 5 heteroatoms. The van der Waals surface area contributed by atoms with Gasteiger partial charge in [0.1, 0.15) is 5.82 Å². The van der Waals surface area contributed by atoms with E-state index in [0.717, 1.165) is 5.69 Å². The lowest BCUT2D eigenvalue weighted by Gasteiger charge is -2.08. The summed E-state index contributed by atoms with van der Waals surface area (Å²) in [6, 6.07) is 13.0. The normalized spacial score (nSPS) is 10.0. The van der Waals surface area contributed by atoms with Gasteiger partial charge >= 0.3 is 0 Å². The minimum Gasteiger partial charge on any atom is -0.376 e. The molecule has 0 aromatic heterocycles. The Labute approximate surface area is 115 Å². The first-order valence-corrected chi connectivity index (χ1v) is 6.07. The molecular formula is C14H12ClFN2O. The highest BCUT2D eigenvalue weighted by Gasteiger charge is 2.05. The summed E-state index contributed by atoms with van der Waals surface area (Å²) >= 11 is 5.75. The Bertz CT molecular complexity index is 572. The molecule has 0 aliphatic heterocycles. The summed E-state index contributed by atoms with van der Waals surface area (Å²) in [6.45, 7) is 0.0516. The van der Waals surface area contributed by atoms with E-state index in [2.05, 4.69) is 10.6 Å². The molecule has 1 amide bonds. The van der Waals surface area contributed by atoms with Gasteiger partial charge in [-0.05, 0) is 36.4 Å². The van der Waals surface area contributed by atoms with E-state index < -0.39 is 5.82 Å². The monoisotopic (exact) mass is 278 g/mol. The molecule has 0 radical (unpaired) electrons. The molecule has 2 aromatic rings. The molecule has 98 valence electrons. The molecule has 0 atom stereocenters. The first-order valence-electron chi connectivity index (χ1n) is 5.69. The van der Waals surface area contributed by atoms with Crippen molar-refractivity contribution >= 4 is 28.9 Å². The van der Waals surface area contributed by atoms with Crippen molar-refractivity contribution in [3.63, 3.8) is 0 Å². The Morgan fingerprint density at radius 3 is 2.47 bits per heavy atom. The standard InChI is InChI=1S/C14H12ClFN2O/c15-10-5-7-11(8-6-10)17-9-14(19)18-13-4-2-1-3-12(13)16/h1-8,17H,9H2,(H,18,19). The molecule has 0 fully saturated rings. The van der Waals surface area contributed by atoms with Gasteiger partial charge in [-0.3, -0.25) is 4.79 Å². The van der Waals surface area contributed by atoms with Crippen LogP contribution < -0.4 is 10.6 Å². The fraction of sp³-hybridized carbons (Fsp3) is 0.0714. The number of anilines is 2. The van der Waals surface area contributed by atoms with E-state index in [4.69, 9.17) is 11.6 Å². The third-order valence-electron chi connectivity index (χ3n) is 2.45. The van der Waals surface area contributed by atoms with Crippen LogP contribution in [0.1, 0.15) is 0 Å². The number of amides is 1. The number of benzene rings is 2. The summed E-state index contributed by atoms with van der Waals surface area (Å²) in [6.07, 6.45) is 0. The third kappa shape index (κ3) is 3.96. The van der Waals surface area contributed by atoms with Crippen LogP contribution in [-0.4, -0.2) is 12.5 Å². The third-order valence-corrected chi connectivity index (χ3v) is 2.70. The van der Waals surface area contributed by atoms with Gasteiger partial charge in [0, 0.05) is 10.7 Å². The number of hydrogen-bond donors (Lipinski definition) is 2. The zero-order valence-electron chi connectivity index (χ0n) is 9.99. The van der Waals surface area contributed by atoms with E-state index >= 15 is 0 Å². The quantitative estimate of drug-likeness (QED) is 0.898. The molecule has 0 spiro atoms. The van der Waals surface area contributed by atoms with Gasteiger partial charge in [-0.25, -0.2) is 4.39 Å². The summed E-state index contributed by atoms with van der Waals surface area (Å²) in [5.74, 6) is -0.776. The summed E-state index contributed by atoms with van der Waals surface area (Å²) < 4.78 is 13.3. The number of rotatable bonds is 4. The molecule has 19 heavy (non-hydrogen) atoms. The molecule has 0 saturated carbocycles. The van der Waals surface area contributed by atoms with Crippen molar-refractivity contribution in [1.82, 2.24) is 0 Å². The highest BCUT2D eigenvalue weighted by atomic mass is 35.5. The lowest BCUT2D eigenvalue weighted by Crippen LogP contribution is -2.22. The largest absolute Gasteiger partial charge is 0.376 e. The maximum Gasteiger partial charge on any atom is 0.243 e. The van der Waals surface area contributed by atoms with E-state index in [1.807, 2.05) is 0 Å². The van der Waals surface area contributed by atoms with Gasteiger partial charge in [-0.15, -0.1) is 0 Å². The molecule has 0 heterocycles. The highest BCUT2D eigenvalue weighted by molar-refractivity contribution is 6.30. The molecule has 0 aliphatic carbocycles. The maximum absolute atomic E-state index is 13.3. The van der Waals surface area contributed by atoms with E-state index in [1.165, 1.54) is 12.1 Å². The molecular weight excluding hydrogens is 267 g/mol. The van der Waals surface area contributed by atoms with Gasteiger partial charge in [-0.1, -0.05) is 23.7 Å². The van der Waals surface area contributed by atoms with E-state index in [-0.39, 0.29) is 18.1 Å². The second kappa shape index (κ2) is 6.20. The van der Waals surface area contributed by atoms with Crippen LogP contribution in [0.5, 0.6) is 0 Å². The Balaban J connectivity index is 1.88. The average molecular weight is 279 g/mol. The maximum atomic E-state index is 13.3. The molecule has 0 saturated heterocycles. The Kier molecular flexibility index (Phi) is 4.36. The van der Waals surface area contributed by atoms with Crippen LogP contribution in [0.2, 0.25) is 5.02 Å². The lowest BCUT2D eigenvalue weighted by atomic mass is 10.3. The van der Waals surface area contributed by atoms with Crippen molar-refractivity contribution in [2.45, 2.75) is 0 Å². The zero-order valence-corrected chi connectivity index (χ0v) is 10.7. The van der Waals surface area contributed by atoms with Crippen molar-refractivity contribution < 1.29 is 9.18 Å². The van der Waals surface area contributed by atoms with Crippen LogP contribution in [0.4, 0.5) is 15.8 Å². The fourth-order valence-corrected chi connectivity index (χ4v) is 1.63. The van der Waals surface area contributed by atoms with Gasteiger partial charge in [0.15, 0.2) is 0 Å². The number of nitrogens with one attached hydrogen (secondary N) is 2. The highest BCUT2D eigenvalue weighted by Crippen LogP contribution is 2.14. The molecule has 2 aromatic carbocycles. The minimum atomic E-state index is -0.456. The topological polar surface area (TPSA) is 41.1 Å². The van der Waals surface area contributed by atoms with Crippen LogP contribution in [0, 0.1) is 5.82 Å². The van der Waals surface area contributed by atoms with Gasteiger partial charge in [0.05, 0.1) is 12.2 Å². The molecule has 0 bridgehead atoms. The predicted molar refractivity (Wildman–Crippen MR) is 75.0 cm³/mol. The second-order valence-electron chi connectivity index (χ2n) is 3.89. The Hall–Kier alpha value is -2.07. The summed E-state index contributed by atoms with van der Waals surface area (Å²) in [5.41, 5.74) is 0.943. The Morgan fingerprint density at radius 2 is 1.79 bits per heavy atom.